The van der Waals surface area contributed by atoms with Crippen LogP contribution < -0.4 is 10.7 Å². The van der Waals surface area contributed by atoms with Gasteiger partial charge in [0.1, 0.15) is 16.5 Å². The van der Waals surface area contributed by atoms with Crippen LogP contribution in [0.5, 0.6) is 0 Å². The van der Waals surface area contributed by atoms with E-state index >= 15 is 0 Å². The van der Waals surface area contributed by atoms with Gasteiger partial charge in [-0.05, 0) is 58.4 Å². The summed E-state index contributed by atoms with van der Waals surface area (Å²) in [4.78, 5) is 17.6. The maximum absolute atomic E-state index is 13.3. The third-order valence-electron chi connectivity index (χ3n) is 5.76. The molecule has 4 aromatic rings. The van der Waals surface area contributed by atoms with E-state index in [1.165, 1.54) is 0 Å². The van der Waals surface area contributed by atoms with Gasteiger partial charge in [-0.1, -0.05) is 17.7 Å². The second kappa shape index (κ2) is 7.85. The molecule has 4 rings (SSSR count). The Balaban J connectivity index is 1.90. The van der Waals surface area contributed by atoms with Crippen molar-refractivity contribution < 1.29 is 4.42 Å². The molecule has 7 heteroatoms. The van der Waals surface area contributed by atoms with Crippen LogP contribution in [-0.2, 0) is 7.05 Å². The second-order valence-electron chi connectivity index (χ2n) is 8.02. The SMILES string of the molecule is Cc1cc(C(C)Nc2ccc(Cl)nc2C)c2oc(-c3cnn(C)c3C)c(C)c(=O)c2c1. The molecule has 0 aliphatic heterocycles. The number of anilines is 1. The standard InChI is InChI=1S/C24H25ClN4O2/c1-12-9-17(14(3)27-20-7-8-21(25)28-15(20)4)24-18(10-12)22(30)13(2)23(31-24)19-11-26-29(6)16(19)5/h7-11,14,27H,1-6H3. The van der Waals surface area contributed by atoms with Crippen LogP contribution in [0.25, 0.3) is 22.3 Å². The first-order valence-corrected chi connectivity index (χ1v) is 10.5. The van der Waals surface area contributed by atoms with E-state index < -0.39 is 0 Å². The predicted octanol–water partition coefficient (Wildman–Crippen LogP) is 5.65. The zero-order valence-electron chi connectivity index (χ0n) is 18.5. The first-order valence-electron chi connectivity index (χ1n) is 10.1. The van der Waals surface area contributed by atoms with Crippen LogP contribution in [0.4, 0.5) is 5.69 Å². The Morgan fingerprint density at radius 1 is 1.16 bits per heavy atom. The van der Waals surface area contributed by atoms with Crippen LogP contribution in [0.1, 0.15) is 41.0 Å². The number of benzene rings is 1. The van der Waals surface area contributed by atoms with E-state index in [-0.39, 0.29) is 11.5 Å². The van der Waals surface area contributed by atoms with Gasteiger partial charge in [-0.3, -0.25) is 9.48 Å². The molecule has 3 aromatic heterocycles. The van der Waals surface area contributed by atoms with Crippen LogP contribution in [0.3, 0.4) is 0 Å². The smallest absolute Gasteiger partial charge is 0.196 e. The molecule has 0 fully saturated rings. The molecule has 0 saturated heterocycles. The highest BCUT2D eigenvalue weighted by atomic mass is 35.5. The summed E-state index contributed by atoms with van der Waals surface area (Å²) in [6.45, 7) is 9.69. The van der Waals surface area contributed by atoms with Gasteiger partial charge >= 0.3 is 0 Å². The molecule has 3 heterocycles. The fraction of sp³-hybridized carbons (Fsp3) is 0.292. The zero-order chi connectivity index (χ0) is 22.4. The van der Waals surface area contributed by atoms with E-state index in [9.17, 15) is 4.79 Å². The molecule has 1 aromatic carbocycles. The minimum Gasteiger partial charge on any atom is -0.455 e. The number of pyridine rings is 1. The van der Waals surface area contributed by atoms with Crippen molar-refractivity contribution in [3.63, 3.8) is 0 Å². The first kappa shape index (κ1) is 21.1. The molecular weight excluding hydrogens is 412 g/mol. The molecule has 0 aliphatic carbocycles. The molecule has 31 heavy (non-hydrogen) atoms. The van der Waals surface area contributed by atoms with Crippen LogP contribution in [0.2, 0.25) is 5.15 Å². The van der Waals surface area contributed by atoms with Gasteiger partial charge in [0.25, 0.3) is 0 Å². The van der Waals surface area contributed by atoms with Gasteiger partial charge in [-0.15, -0.1) is 0 Å². The summed E-state index contributed by atoms with van der Waals surface area (Å²) in [6.07, 6.45) is 1.74. The van der Waals surface area contributed by atoms with Crippen LogP contribution in [-0.4, -0.2) is 14.8 Å². The molecule has 160 valence electrons. The van der Waals surface area contributed by atoms with E-state index in [1.807, 2.05) is 46.9 Å². The number of nitrogens with one attached hydrogen (secondary N) is 1. The third-order valence-corrected chi connectivity index (χ3v) is 5.97. The van der Waals surface area contributed by atoms with Crippen LogP contribution >= 0.6 is 11.6 Å². The summed E-state index contributed by atoms with van der Waals surface area (Å²) in [5, 5.41) is 8.83. The third kappa shape index (κ3) is 3.72. The van der Waals surface area contributed by atoms with E-state index in [4.69, 9.17) is 16.0 Å². The Labute approximate surface area is 185 Å². The van der Waals surface area contributed by atoms with Crippen molar-refractivity contribution in [2.24, 2.45) is 7.05 Å². The van der Waals surface area contributed by atoms with Gasteiger partial charge in [0, 0.05) is 23.9 Å². The number of hydrogen-bond donors (Lipinski definition) is 1. The number of aromatic nitrogens is 3. The summed E-state index contributed by atoms with van der Waals surface area (Å²) >= 11 is 6.00. The molecule has 0 bridgehead atoms. The van der Waals surface area contributed by atoms with E-state index in [0.29, 0.717) is 27.4 Å². The van der Waals surface area contributed by atoms with Crippen LogP contribution in [0.15, 0.2) is 39.7 Å². The maximum Gasteiger partial charge on any atom is 0.196 e. The molecule has 0 spiro atoms. The largest absolute Gasteiger partial charge is 0.455 e. The second-order valence-corrected chi connectivity index (χ2v) is 8.40. The average Bonchev–Trinajstić information content (AvgIpc) is 3.05. The van der Waals surface area contributed by atoms with Crippen molar-refractivity contribution in [3.8, 4) is 11.3 Å². The summed E-state index contributed by atoms with van der Waals surface area (Å²) in [6, 6.07) is 7.47. The normalized spacial score (nSPS) is 12.4. The number of hydrogen-bond acceptors (Lipinski definition) is 5. The molecule has 1 atom stereocenters. The maximum atomic E-state index is 13.3. The quantitative estimate of drug-likeness (QED) is 0.418. The van der Waals surface area contributed by atoms with Crippen molar-refractivity contribution in [2.45, 2.75) is 40.7 Å². The number of halogens is 1. The van der Waals surface area contributed by atoms with Gasteiger partial charge in [0.2, 0.25) is 0 Å². The van der Waals surface area contributed by atoms with Crippen molar-refractivity contribution in [1.82, 2.24) is 14.8 Å². The molecule has 0 radical (unpaired) electrons. The van der Waals surface area contributed by atoms with Gasteiger partial charge in [0.05, 0.1) is 34.6 Å². The fourth-order valence-corrected chi connectivity index (χ4v) is 4.05. The number of nitrogens with zero attached hydrogens (tertiary/aromatic N) is 3. The van der Waals surface area contributed by atoms with Crippen molar-refractivity contribution in [1.29, 1.82) is 0 Å². The van der Waals surface area contributed by atoms with Crippen molar-refractivity contribution in [2.75, 3.05) is 5.32 Å². The molecule has 1 N–H and O–H groups in total. The highest BCUT2D eigenvalue weighted by Gasteiger charge is 2.21. The van der Waals surface area contributed by atoms with Crippen LogP contribution in [0, 0.1) is 27.7 Å². The molecule has 6 nitrogen and oxygen atoms in total. The Bertz CT molecular complexity index is 1370. The molecule has 0 saturated carbocycles. The first-order chi connectivity index (χ1) is 14.7. The summed E-state index contributed by atoms with van der Waals surface area (Å²) in [5.41, 5.74) is 6.49. The average molecular weight is 437 g/mol. The Morgan fingerprint density at radius 3 is 2.55 bits per heavy atom. The number of fused-ring (bicyclic) bond motifs is 1. The van der Waals surface area contributed by atoms with Gasteiger partial charge in [-0.2, -0.15) is 5.10 Å². The lowest BCUT2D eigenvalue weighted by Crippen LogP contribution is -2.13. The summed E-state index contributed by atoms with van der Waals surface area (Å²) in [7, 11) is 1.87. The molecular formula is C24H25ClN4O2. The number of aryl methyl sites for hydroxylation is 3. The lowest BCUT2D eigenvalue weighted by atomic mass is 9.99. The highest BCUT2D eigenvalue weighted by Crippen LogP contribution is 2.33. The Kier molecular flexibility index (Phi) is 5.35. The van der Waals surface area contributed by atoms with Gasteiger partial charge < -0.3 is 9.73 Å². The van der Waals surface area contributed by atoms with Crippen molar-refractivity contribution in [3.05, 3.63) is 73.9 Å². The molecule has 0 amide bonds. The minimum absolute atomic E-state index is 0.0269. The minimum atomic E-state index is -0.127. The molecule has 1 unspecified atom stereocenters. The Hall–Kier alpha value is -3.12. The fourth-order valence-electron chi connectivity index (χ4n) is 3.86. The van der Waals surface area contributed by atoms with E-state index in [2.05, 4.69) is 21.5 Å². The lowest BCUT2D eigenvalue weighted by molar-refractivity contribution is 0.604. The van der Waals surface area contributed by atoms with E-state index in [0.717, 1.165) is 33.8 Å². The van der Waals surface area contributed by atoms with Gasteiger partial charge in [0.15, 0.2) is 5.43 Å². The van der Waals surface area contributed by atoms with E-state index in [1.54, 1.807) is 23.9 Å². The highest BCUT2D eigenvalue weighted by molar-refractivity contribution is 6.29. The molecule has 0 aliphatic rings. The summed E-state index contributed by atoms with van der Waals surface area (Å²) < 4.78 is 8.19. The zero-order valence-corrected chi connectivity index (χ0v) is 19.3. The summed E-state index contributed by atoms with van der Waals surface area (Å²) in [5.74, 6) is 0.560. The lowest BCUT2D eigenvalue weighted by Gasteiger charge is -2.19. The Morgan fingerprint density at radius 2 is 1.90 bits per heavy atom. The number of rotatable bonds is 4. The van der Waals surface area contributed by atoms with Crippen molar-refractivity contribution >= 4 is 28.3 Å². The predicted molar refractivity (Wildman–Crippen MR) is 125 cm³/mol. The topological polar surface area (TPSA) is 73.0 Å². The van der Waals surface area contributed by atoms with Gasteiger partial charge in [-0.25, -0.2) is 4.98 Å². The monoisotopic (exact) mass is 436 g/mol.